The Morgan fingerprint density at radius 3 is 2.12 bits per heavy atom. The van der Waals surface area contributed by atoms with Crippen LogP contribution in [0.4, 0.5) is 0 Å². The Labute approximate surface area is 207 Å². The number of nitrogens with zero attached hydrogens (tertiary/aromatic N) is 1. The van der Waals surface area contributed by atoms with Crippen LogP contribution in [0.5, 0.6) is 0 Å². The third kappa shape index (κ3) is 10.4. The molecule has 2 N–H and O–H groups in total. The normalized spacial score (nSPS) is 15.7. The third-order valence-corrected chi connectivity index (χ3v) is 6.18. The molecule has 0 fully saturated rings. The molecule has 6 nitrogen and oxygen atoms in total. The highest BCUT2D eigenvalue weighted by Gasteiger charge is 2.39. The number of imidazole rings is 1. The Balaban J connectivity index is 3.00. The van der Waals surface area contributed by atoms with Gasteiger partial charge in [0.05, 0.1) is 7.11 Å². The van der Waals surface area contributed by atoms with Crippen LogP contribution in [0.25, 0.3) is 0 Å². The van der Waals surface area contributed by atoms with Gasteiger partial charge >= 0.3 is 5.97 Å². The van der Waals surface area contributed by atoms with Crippen LogP contribution in [-0.4, -0.2) is 35.0 Å². The number of carbonyl (C=O) groups is 2. The molecule has 0 spiro atoms. The number of aromatic nitrogens is 2. The lowest BCUT2D eigenvalue weighted by atomic mass is 9.69. The molecule has 0 aliphatic rings. The van der Waals surface area contributed by atoms with E-state index in [4.69, 9.17) is 4.74 Å². The lowest BCUT2D eigenvalue weighted by Gasteiger charge is -2.37. The molecule has 194 valence electrons. The number of H-pyrrole nitrogens is 1. The Morgan fingerprint density at radius 1 is 1.06 bits per heavy atom. The van der Waals surface area contributed by atoms with Crippen LogP contribution in [-0.2, 0) is 20.7 Å². The summed E-state index contributed by atoms with van der Waals surface area (Å²) in [4.78, 5) is 33.2. The van der Waals surface area contributed by atoms with Gasteiger partial charge in [0.15, 0.2) is 0 Å². The molecule has 1 amide bonds. The van der Waals surface area contributed by atoms with E-state index in [9.17, 15) is 9.59 Å². The summed E-state index contributed by atoms with van der Waals surface area (Å²) >= 11 is 0. The molecule has 0 radical (unpaired) electrons. The summed E-state index contributed by atoms with van der Waals surface area (Å²) in [6, 6.07) is -0.705. The van der Waals surface area contributed by atoms with Gasteiger partial charge in [-0.3, -0.25) is 4.79 Å². The van der Waals surface area contributed by atoms with Crippen molar-refractivity contribution in [2.24, 2.45) is 21.7 Å². The second kappa shape index (κ2) is 12.0. The molecule has 0 aromatic carbocycles. The van der Waals surface area contributed by atoms with Crippen LogP contribution in [0, 0.1) is 21.7 Å². The molecule has 1 aromatic rings. The van der Waals surface area contributed by atoms with E-state index in [2.05, 4.69) is 82.8 Å². The molecule has 34 heavy (non-hydrogen) atoms. The van der Waals surface area contributed by atoms with E-state index in [1.54, 1.807) is 12.4 Å². The van der Waals surface area contributed by atoms with E-state index in [1.165, 1.54) is 7.11 Å². The summed E-state index contributed by atoms with van der Waals surface area (Å²) in [6.07, 6.45) is 12.4. The zero-order valence-corrected chi connectivity index (χ0v) is 23.3. The summed E-state index contributed by atoms with van der Waals surface area (Å²) in [6.45, 7) is 19.8. The average Bonchev–Trinajstić information content (AvgIpc) is 3.20. The minimum atomic E-state index is -0.705. The number of rotatable bonds is 13. The summed E-state index contributed by atoms with van der Waals surface area (Å²) in [5, 5.41) is 3.00. The van der Waals surface area contributed by atoms with Crippen molar-refractivity contribution in [3.05, 3.63) is 30.4 Å². The highest BCUT2D eigenvalue weighted by Crippen LogP contribution is 2.41. The smallest absolute Gasteiger partial charge is 0.328 e. The number of hydrogen-bond donors (Lipinski definition) is 2. The van der Waals surface area contributed by atoms with Crippen LogP contribution >= 0.6 is 0 Å². The summed E-state index contributed by atoms with van der Waals surface area (Å²) < 4.78 is 4.98. The van der Waals surface area contributed by atoms with Gasteiger partial charge in [0.25, 0.3) is 0 Å². The van der Waals surface area contributed by atoms with Crippen molar-refractivity contribution in [1.82, 2.24) is 15.3 Å². The SMILES string of the molecule is CCCC(C)(CC(C)(C)C=CC(C)(C)CC(C)(C)C)C(=O)NC(CCc1ncc[nH]1)C(=O)OC. The molecule has 0 aliphatic heterocycles. The maximum Gasteiger partial charge on any atom is 0.328 e. The average molecular weight is 476 g/mol. The van der Waals surface area contributed by atoms with Crippen LogP contribution in [0.15, 0.2) is 24.5 Å². The third-order valence-electron chi connectivity index (χ3n) is 6.18. The highest BCUT2D eigenvalue weighted by atomic mass is 16.5. The second-order valence-corrected chi connectivity index (χ2v) is 12.7. The first kappa shape index (κ1) is 29.9. The molecule has 2 unspecified atom stereocenters. The minimum Gasteiger partial charge on any atom is -0.467 e. The molecule has 2 atom stereocenters. The van der Waals surface area contributed by atoms with Crippen LogP contribution < -0.4 is 5.32 Å². The van der Waals surface area contributed by atoms with Crippen LogP contribution in [0.3, 0.4) is 0 Å². The maximum absolute atomic E-state index is 13.5. The van der Waals surface area contributed by atoms with Gasteiger partial charge in [-0.15, -0.1) is 0 Å². The fraction of sp³-hybridized carbons (Fsp3) is 0.750. The van der Waals surface area contributed by atoms with E-state index in [1.807, 2.05) is 6.92 Å². The molecule has 0 saturated carbocycles. The van der Waals surface area contributed by atoms with Gasteiger partial charge in [-0.2, -0.15) is 0 Å². The Bertz CT molecular complexity index is 803. The molecule has 1 heterocycles. The van der Waals surface area contributed by atoms with Crippen LogP contribution in [0.1, 0.15) is 100 Å². The zero-order chi connectivity index (χ0) is 26.2. The Hall–Kier alpha value is -2.11. The summed E-state index contributed by atoms with van der Waals surface area (Å²) in [5.74, 6) is 0.255. The van der Waals surface area contributed by atoms with Gasteiger partial charge in [0.2, 0.25) is 5.91 Å². The number of esters is 1. The van der Waals surface area contributed by atoms with E-state index in [0.717, 1.165) is 25.1 Å². The van der Waals surface area contributed by atoms with Crippen molar-refractivity contribution in [3.63, 3.8) is 0 Å². The van der Waals surface area contributed by atoms with E-state index < -0.39 is 17.4 Å². The fourth-order valence-corrected chi connectivity index (χ4v) is 5.21. The van der Waals surface area contributed by atoms with Crippen LogP contribution in [0.2, 0.25) is 0 Å². The maximum atomic E-state index is 13.5. The van der Waals surface area contributed by atoms with Crippen molar-refractivity contribution in [1.29, 1.82) is 0 Å². The number of aryl methyl sites for hydroxylation is 1. The number of methoxy groups -OCH3 is 1. The second-order valence-electron chi connectivity index (χ2n) is 12.7. The minimum absolute atomic E-state index is 0.0702. The summed E-state index contributed by atoms with van der Waals surface area (Å²) in [5.41, 5.74) is -0.465. The standard InChI is InChI=1S/C28H49N3O3/c1-11-14-28(9,20-27(7,8)16-15-26(5,6)19-25(2,3)4)24(33)31-21(23(32)34-10)12-13-22-29-17-18-30-22/h15-18,21H,11-14,19-20H2,1-10H3,(H,29,30)(H,31,33). The Kier molecular flexibility index (Phi) is 10.6. The van der Waals surface area contributed by atoms with E-state index >= 15 is 0 Å². The predicted octanol–water partition coefficient (Wildman–Crippen LogP) is 6.24. The number of allylic oxidation sites excluding steroid dienone is 2. The van der Waals surface area contributed by atoms with Gasteiger partial charge < -0.3 is 15.0 Å². The van der Waals surface area contributed by atoms with Gasteiger partial charge in [0, 0.05) is 24.2 Å². The summed E-state index contributed by atoms with van der Waals surface area (Å²) in [7, 11) is 1.35. The number of amides is 1. The number of aromatic amines is 1. The van der Waals surface area contributed by atoms with Crippen molar-refractivity contribution in [2.75, 3.05) is 7.11 Å². The van der Waals surface area contributed by atoms with Gasteiger partial charge in [-0.1, -0.05) is 80.9 Å². The lowest BCUT2D eigenvalue weighted by molar-refractivity contribution is -0.147. The molecule has 0 aliphatic carbocycles. The van der Waals surface area contributed by atoms with Crippen molar-refractivity contribution >= 4 is 11.9 Å². The molecule has 1 rings (SSSR count). The number of ether oxygens (including phenoxy) is 1. The first-order valence-electron chi connectivity index (χ1n) is 12.6. The Morgan fingerprint density at radius 2 is 1.65 bits per heavy atom. The molecular formula is C28H49N3O3. The number of nitrogens with one attached hydrogen (secondary N) is 2. The number of carbonyl (C=O) groups excluding carboxylic acids is 2. The van der Waals surface area contributed by atoms with Gasteiger partial charge in [0.1, 0.15) is 11.9 Å². The molecular weight excluding hydrogens is 426 g/mol. The van der Waals surface area contributed by atoms with Crippen molar-refractivity contribution < 1.29 is 14.3 Å². The van der Waals surface area contributed by atoms with Crippen molar-refractivity contribution in [2.45, 2.75) is 107 Å². The molecule has 6 heteroatoms. The number of hydrogen-bond acceptors (Lipinski definition) is 4. The molecule has 0 bridgehead atoms. The van der Waals surface area contributed by atoms with E-state index in [0.29, 0.717) is 19.3 Å². The first-order valence-corrected chi connectivity index (χ1v) is 12.6. The lowest BCUT2D eigenvalue weighted by Crippen LogP contribution is -2.49. The topological polar surface area (TPSA) is 84.1 Å². The van der Waals surface area contributed by atoms with Gasteiger partial charge in [-0.25, -0.2) is 9.78 Å². The predicted molar refractivity (Wildman–Crippen MR) is 139 cm³/mol. The van der Waals surface area contributed by atoms with Gasteiger partial charge in [-0.05, 0) is 41.9 Å². The van der Waals surface area contributed by atoms with E-state index in [-0.39, 0.29) is 22.2 Å². The monoisotopic (exact) mass is 475 g/mol. The largest absolute Gasteiger partial charge is 0.467 e. The highest BCUT2D eigenvalue weighted by molar-refractivity contribution is 5.87. The zero-order valence-electron chi connectivity index (χ0n) is 23.3. The fourth-order valence-electron chi connectivity index (χ4n) is 5.21. The molecule has 1 aromatic heterocycles. The van der Waals surface area contributed by atoms with Crippen molar-refractivity contribution in [3.8, 4) is 0 Å². The molecule has 0 saturated heterocycles. The first-order chi connectivity index (χ1) is 15.5. The quantitative estimate of drug-likeness (QED) is 0.261.